The highest BCUT2D eigenvalue weighted by molar-refractivity contribution is 7.99. The van der Waals surface area contributed by atoms with Gasteiger partial charge in [0.1, 0.15) is 5.75 Å². The molecule has 0 aliphatic carbocycles. The summed E-state index contributed by atoms with van der Waals surface area (Å²) in [6, 6.07) is 12.6. The highest BCUT2D eigenvalue weighted by Gasteiger charge is 2.09. The van der Waals surface area contributed by atoms with Gasteiger partial charge in [-0.15, -0.1) is 11.8 Å². The summed E-state index contributed by atoms with van der Waals surface area (Å²) in [5.74, 6) is -0.538. The first-order chi connectivity index (χ1) is 12.9. The summed E-state index contributed by atoms with van der Waals surface area (Å²) in [7, 11) is 0. The molecule has 0 fully saturated rings. The Kier molecular flexibility index (Phi) is 8.35. The maximum absolute atomic E-state index is 12.1. The lowest BCUT2D eigenvalue weighted by Crippen LogP contribution is -2.21. The van der Waals surface area contributed by atoms with Gasteiger partial charge in [0.05, 0.1) is 6.42 Å². The third-order valence-electron chi connectivity index (χ3n) is 3.12. The Morgan fingerprint density at radius 3 is 2.37 bits per heavy atom. The molecule has 0 saturated carbocycles. The summed E-state index contributed by atoms with van der Waals surface area (Å²) < 4.78 is 33.2. The predicted molar refractivity (Wildman–Crippen MR) is 99.5 cm³/mol. The number of nitrogens with one attached hydrogen (secondary N) is 1. The number of benzene rings is 2. The summed E-state index contributed by atoms with van der Waals surface area (Å²) >= 11 is 7.27. The van der Waals surface area contributed by atoms with E-state index in [1.807, 2.05) is 12.1 Å². The fourth-order valence-electron chi connectivity index (χ4n) is 1.92. The van der Waals surface area contributed by atoms with Crippen molar-refractivity contribution in [1.82, 2.24) is 0 Å². The number of rotatable bonds is 9. The lowest BCUT2D eigenvalue weighted by atomic mass is 10.3. The highest BCUT2D eigenvalue weighted by atomic mass is 35.5. The van der Waals surface area contributed by atoms with Gasteiger partial charge < -0.3 is 14.8 Å². The number of halogens is 3. The smallest absolute Gasteiger partial charge is 0.387 e. The van der Waals surface area contributed by atoms with Gasteiger partial charge >= 0.3 is 12.6 Å². The summed E-state index contributed by atoms with van der Waals surface area (Å²) in [4.78, 5) is 24.4. The zero-order valence-corrected chi connectivity index (χ0v) is 15.6. The number of carbonyl (C=O) groups excluding carboxylic acids is 2. The van der Waals surface area contributed by atoms with E-state index in [-0.39, 0.29) is 12.2 Å². The zero-order chi connectivity index (χ0) is 19.6. The fourth-order valence-corrected chi connectivity index (χ4v) is 2.88. The second kappa shape index (κ2) is 10.7. The van der Waals surface area contributed by atoms with Crippen LogP contribution in [0.3, 0.4) is 0 Å². The van der Waals surface area contributed by atoms with Gasteiger partial charge in [0.15, 0.2) is 6.61 Å². The summed E-state index contributed by atoms with van der Waals surface area (Å²) in [6.07, 6.45) is 0.153. The number of hydrogen-bond donors (Lipinski definition) is 1. The monoisotopic (exact) mass is 415 g/mol. The van der Waals surface area contributed by atoms with Crippen molar-refractivity contribution in [2.75, 3.05) is 17.7 Å². The normalized spacial score (nSPS) is 10.5. The van der Waals surface area contributed by atoms with Crippen LogP contribution in [0.2, 0.25) is 5.02 Å². The van der Waals surface area contributed by atoms with Gasteiger partial charge in [-0.25, -0.2) is 0 Å². The van der Waals surface area contributed by atoms with E-state index in [1.54, 1.807) is 12.1 Å². The first kappa shape index (κ1) is 21.0. The van der Waals surface area contributed by atoms with Crippen molar-refractivity contribution in [2.45, 2.75) is 17.9 Å². The lowest BCUT2D eigenvalue weighted by molar-refractivity contribution is -0.146. The summed E-state index contributed by atoms with van der Waals surface area (Å²) in [5.41, 5.74) is 0.371. The maximum atomic E-state index is 12.1. The average Bonchev–Trinajstić information content (AvgIpc) is 2.63. The molecule has 0 spiro atoms. The Balaban J connectivity index is 1.65. The number of ether oxygens (including phenoxy) is 2. The minimum atomic E-state index is -2.91. The van der Waals surface area contributed by atoms with E-state index in [9.17, 15) is 18.4 Å². The van der Waals surface area contributed by atoms with Crippen molar-refractivity contribution in [2.24, 2.45) is 0 Å². The van der Waals surface area contributed by atoms with E-state index in [1.165, 1.54) is 36.0 Å². The molecule has 0 bridgehead atoms. The Morgan fingerprint density at radius 1 is 1.07 bits per heavy atom. The van der Waals surface area contributed by atoms with Gasteiger partial charge in [0.2, 0.25) is 0 Å². The number of alkyl halides is 2. The van der Waals surface area contributed by atoms with E-state index in [0.29, 0.717) is 16.5 Å². The largest absolute Gasteiger partial charge is 0.456 e. The molecule has 5 nitrogen and oxygen atoms in total. The molecular formula is C18H16ClF2NO4S. The van der Waals surface area contributed by atoms with E-state index < -0.39 is 25.1 Å². The second-order valence-electron chi connectivity index (χ2n) is 5.16. The van der Waals surface area contributed by atoms with Crippen LogP contribution in [0.15, 0.2) is 53.4 Å². The Labute approximate surface area is 164 Å². The van der Waals surface area contributed by atoms with E-state index in [4.69, 9.17) is 16.3 Å². The molecule has 0 saturated heterocycles. The van der Waals surface area contributed by atoms with Gasteiger partial charge in [-0.2, -0.15) is 8.78 Å². The second-order valence-corrected chi connectivity index (χ2v) is 6.77. The topological polar surface area (TPSA) is 64.6 Å². The van der Waals surface area contributed by atoms with Crippen LogP contribution in [0.1, 0.15) is 6.42 Å². The van der Waals surface area contributed by atoms with Crippen molar-refractivity contribution >= 4 is 40.9 Å². The zero-order valence-electron chi connectivity index (χ0n) is 14.0. The van der Waals surface area contributed by atoms with Crippen molar-refractivity contribution in [3.63, 3.8) is 0 Å². The SMILES string of the molecule is O=C(COC(=O)CCSc1ccc(Cl)cc1)Nc1ccc(OC(F)F)cc1. The van der Waals surface area contributed by atoms with Crippen molar-refractivity contribution in [3.05, 3.63) is 53.6 Å². The van der Waals surface area contributed by atoms with Crippen molar-refractivity contribution in [3.8, 4) is 5.75 Å². The highest BCUT2D eigenvalue weighted by Crippen LogP contribution is 2.21. The molecule has 2 aromatic carbocycles. The number of carbonyl (C=O) groups is 2. The van der Waals surface area contributed by atoms with Gasteiger partial charge in [0.25, 0.3) is 5.91 Å². The third kappa shape index (κ3) is 8.27. The Morgan fingerprint density at radius 2 is 1.74 bits per heavy atom. The van der Waals surface area contributed by atoms with Gasteiger partial charge in [0, 0.05) is 21.4 Å². The molecule has 0 aliphatic heterocycles. The van der Waals surface area contributed by atoms with Crippen LogP contribution >= 0.6 is 23.4 Å². The van der Waals surface area contributed by atoms with Crippen LogP contribution in [0.5, 0.6) is 5.75 Å². The Hall–Kier alpha value is -2.32. The number of amides is 1. The Bertz CT molecular complexity index is 757. The van der Waals surface area contributed by atoms with Crippen LogP contribution in [-0.4, -0.2) is 30.8 Å². The van der Waals surface area contributed by atoms with Crippen LogP contribution in [0, 0.1) is 0 Å². The van der Waals surface area contributed by atoms with Crippen LogP contribution in [0.25, 0.3) is 0 Å². The number of esters is 1. The minimum absolute atomic E-state index is 0.0207. The molecule has 2 rings (SSSR count). The van der Waals surface area contributed by atoms with E-state index >= 15 is 0 Å². The molecule has 9 heteroatoms. The average molecular weight is 416 g/mol. The fraction of sp³-hybridized carbons (Fsp3) is 0.222. The molecule has 144 valence electrons. The van der Waals surface area contributed by atoms with Crippen LogP contribution < -0.4 is 10.1 Å². The number of thioether (sulfide) groups is 1. The van der Waals surface area contributed by atoms with Crippen molar-refractivity contribution < 1.29 is 27.8 Å². The summed E-state index contributed by atoms with van der Waals surface area (Å²) in [5, 5.41) is 3.13. The molecule has 1 N–H and O–H groups in total. The molecule has 0 unspecified atom stereocenters. The van der Waals surface area contributed by atoms with E-state index in [0.717, 1.165) is 4.90 Å². The molecule has 0 atom stereocenters. The van der Waals surface area contributed by atoms with Gasteiger partial charge in [-0.3, -0.25) is 9.59 Å². The van der Waals surface area contributed by atoms with Crippen LogP contribution in [-0.2, 0) is 14.3 Å². The maximum Gasteiger partial charge on any atom is 0.387 e. The van der Waals surface area contributed by atoms with Crippen LogP contribution in [0.4, 0.5) is 14.5 Å². The molecule has 2 aromatic rings. The standard InChI is InChI=1S/C18H16ClF2NO4S/c19-12-1-7-15(8-2-12)27-10-9-17(24)25-11-16(23)22-13-3-5-14(6-4-13)26-18(20)21/h1-8,18H,9-11H2,(H,22,23). The first-order valence-electron chi connectivity index (χ1n) is 7.81. The quantitative estimate of drug-likeness (QED) is 0.478. The molecular weight excluding hydrogens is 400 g/mol. The molecule has 0 aliphatic rings. The lowest BCUT2D eigenvalue weighted by Gasteiger charge is -2.08. The third-order valence-corrected chi connectivity index (χ3v) is 4.38. The molecule has 27 heavy (non-hydrogen) atoms. The minimum Gasteiger partial charge on any atom is -0.456 e. The predicted octanol–water partition coefficient (Wildman–Crippen LogP) is 4.61. The molecule has 0 radical (unpaired) electrons. The molecule has 0 heterocycles. The number of hydrogen-bond acceptors (Lipinski definition) is 5. The first-order valence-corrected chi connectivity index (χ1v) is 9.17. The number of anilines is 1. The molecule has 0 aromatic heterocycles. The molecule has 1 amide bonds. The van der Waals surface area contributed by atoms with E-state index in [2.05, 4.69) is 10.1 Å². The summed E-state index contributed by atoms with van der Waals surface area (Å²) in [6.45, 7) is -3.34. The van der Waals surface area contributed by atoms with Gasteiger partial charge in [-0.1, -0.05) is 11.6 Å². The van der Waals surface area contributed by atoms with Gasteiger partial charge in [-0.05, 0) is 48.5 Å². The van der Waals surface area contributed by atoms with Crippen molar-refractivity contribution in [1.29, 1.82) is 0 Å².